The van der Waals surface area contributed by atoms with Gasteiger partial charge in [0, 0.05) is 31.9 Å². The van der Waals surface area contributed by atoms with Gasteiger partial charge in [0.2, 0.25) is 0 Å². The topological polar surface area (TPSA) is 39.7 Å². The Morgan fingerprint density at radius 1 is 1.17 bits per heavy atom. The Kier molecular flexibility index (Phi) is 6.09. The van der Waals surface area contributed by atoms with Crippen molar-refractivity contribution in [2.75, 3.05) is 33.3 Å². The van der Waals surface area contributed by atoms with Crippen molar-refractivity contribution in [2.45, 2.75) is 19.4 Å². The minimum Gasteiger partial charge on any atom is -0.493 e. The second kappa shape index (κ2) is 7.34. The molecule has 1 rings (SSSR count). The molecule has 0 saturated carbocycles. The van der Waals surface area contributed by atoms with Gasteiger partial charge in [-0.15, -0.1) is 0 Å². The number of anilines is 1. The lowest BCUT2D eigenvalue weighted by Gasteiger charge is -2.18. The molecule has 18 heavy (non-hydrogen) atoms. The van der Waals surface area contributed by atoms with E-state index in [-0.39, 0.29) is 6.04 Å². The van der Waals surface area contributed by atoms with Crippen molar-refractivity contribution in [3.63, 3.8) is 0 Å². The second-order valence-corrected chi connectivity index (χ2v) is 4.42. The van der Waals surface area contributed by atoms with Crippen LogP contribution < -0.4 is 14.8 Å². The predicted molar refractivity (Wildman–Crippen MR) is 74.1 cm³/mol. The molecule has 1 atom stereocenters. The van der Waals surface area contributed by atoms with Gasteiger partial charge in [-0.25, -0.2) is 0 Å². The summed E-state index contributed by atoms with van der Waals surface area (Å²) >= 11 is 6.19. The molecule has 0 aliphatic carbocycles. The Morgan fingerprint density at radius 3 is 2.33 bits per heavy atom. The fourth-order valence-corrected chi connectivity index (χ4v) is 1.81. The van der Waals surface area contributed by atoms with E-state index < -0.39 is 0 Å². The molecule has 0 aromatic heterocycles. The number of hydrogen-bond donors (Lipinski definition) is 1. The molecule has 0 saturated heterocycles. The lowest BCUT2D eigenvalue weighted by molar-refractivity contribution is 0.191. The van der Waals surface area contributed by atoms with Crippen LogP contribution in [0.1, 0.15) is 13.3 Å². The molecular weight excluding hydrogens is 254 g/mol. The third kappa shape index (κ3) is 3.96. The van der Waals surface area contributed by atoms with Gasteiger partial charge in [-0.1, -0.05) is 11.6 Å². The van der Waals surface area contributed by atoms with Crippen LogP contribution in [0.5, 0.6) is 11.5 Å². The van der Waals surface area contributed by atoms with E-state index in [4.69, 9.17) is 25.8 Å². The average Bonchev–Trinajstić information content (AvgIpc) is 2.38. The molecule has 5 heteroatoms. The average molecular weight is 274 g/mol. The number of methoxy groups -OCH3 is 3. The molecule has 0 radical (unpaired) electrons. The molecule has 0 spiro atoms. The van der Waals surface area contributed by atoms with Crippen LogP contribution >= 0.6 is 11.6 Å². The highest BCUT2D eigenvalue weighted by Gasteiger charge is 2.11. The minimum absolute atomic E-state index is 0.264. The first kappa shape index (κ1) is 14.9. The zero-order chi connectivity index (χ0) is 13.5. The van der Waals surface area contributed by atoms with Crippen molar-refractivity contribution in [3.05, 3.63) is 17.2 Å². The number of benzene rings is 1. The lowest BCUT2D eigenvalue weighted by atomic mass is 10.2. The number of rotatable bonds is 7. The fourth-order valence-electron chi connectivity index (χ4n) is 1.60. The van der Waals surface area contributed by atoms with Crippen molar-refractivity contribution >= 4 is 17.3 Å². The summed E-state index contributed by atoms with van der Waals surface area (Å²) in [5.41, 5.74) is 0.831. The van der Waals surface area contributed by atoms with Gasteiger partial charge in [0.1, 0.15) is 0 Å². The van der Waals surface area contributed by atoms with Gasteiger partial charge in [0.15, 0.2) is 11.5 Å². The van der Waals surface area contributed by atoms with E-state index in [0.29, 0.717) is 23.1 Å². The molecule has 1 aromatic rings. The van der Waals surface area contributed by atoms with Crippen molar-refractivity contribution in [2.24, 2.45) is 0 Å². The van der Waals surface area contributed by atoms with E-state index in [1.807, 2.05) is 6.07 Å². The maximum absolute atomic E-state index is 6.19. The summed E-state index contributed by atoms with van der Waals surface area (Å²) in [6.07, 6.45) is 0.904. The summed E-state index contributed by atoms with van der Waals surface area (Å²) in [7, 11) is 4.88. The highest BCUT2D eigenvalue weighted by Crippen LogP contribution is 2.36. The summed E-state index contributed by atoms with van der Waals surface area (Å²) < 4.78 is 15.5. The maximum Gasteiger partial charge on any atom is 0.162 e. The number of hydrogen-bond acceptors (Lipinski definition) is 4. The van der Waals surface area contributed by atoms with Crippen LogP contribution in [0.4, 0.5) is 5.69 Å². The SMILES string of the molecule is COCCC(C)Nc1cc(OC)c(OC)cc1Cl. The second-order valence-electron chi connectivity index (χ2n) is 4.01. The Hall–Kier alpha value is -1.13. The number of nitrogens with one attached hydrogen (secondary N) is 1. The van der Waals surface area contributed by atoms with Crippen LogP contribution in [0.2, 0.25) is 5.02 Å². The normalized spacial score (nSPS) is 12.1. The third-order valence-corrected chi connectivity index (χ3v) is 2.94. The van der Waals surface area contributed by atoms with Crippen LogP contribution in [0.15, 0.2) is 12.1 Å². The number of halogens is 1. The zero-order valence-electron chi connectivity index (χ0n) is 11.2. The van der Waals surface area contributed by atoms with E-state index >= 15 is 0 Å². The summed E-state index contributed by atoms with van der Waals surface area (Å²) in [4.78, 5) is 0. The molecule has 0 aliphatic heterocycles. The van der Waals surface area contributed by atoms with Gasteiger partial charge in [0.25, 0.3) is 0 Å². The van der Waals surface area contributed by atoms with Gasteiger partial charge in [-0.3, -0.25) is 0 Å². The monoisotopic (exact) mass is 273 g/mol. The molecule has 0 heterocycles. The molecule has 0 aliphatic rings. The molecule has 102 valence electrons. The van der Waals surface area contributed by atoms with Gasteiger partial charge in [-0.2, -0.15) is 0 Å². The van der Waals surface area contributed by atoms with Crippen LogP contribution in [0.25, 0.3) is 0 Å². The highest BCUT2D eigenvalue weighted by molar-refractivity contribution is 6.33. The van der Waals surface area contributed by atoms with Gasteiger partial charge in [-0.05, 0) is 13.3 Å². The quantitative estimate of drug-likeness (QED) is 0.828. The van der Waals surface area contributed by atoms with Crippen molar-refractivity contribution in [3.8, 4) is 11.5 Å². The molecule has 1 N–H and O–H groups in total. The van der Waals surface area contributed by atoms with E-state index in [0.717, 1.165) is 12.1 Å². The standard InChI is InChI=1S/C13H20ClNO3/c1-9(5-6-16-2)15-11-8-13(18-4)12(17-3)7-10(11)14/h7-9,15H,5-6H2,1-4H3. The largest absolute Gasteiger partial charge is 0.493 e. The molecule has 0 bridgehead atoms. The first-order chi connectivity index (χ1) is 8.62. The summed E-state index contributed by atoms with van der Waals surface area (Å²) in [5.74, 6) is 1.28. The van der Waals surface area contributed by atoms with Crippen LogP contribution in [-0.4, -0.2) is 34.0 Å². The van der Waals surface area contributed by atoms with Crippen molar-refractivity contribution < 1.29 is 14.2 Å². The molecule has 0 amide bonds. The summed E-state index contributed by atoms with van der Waals surface area (Å²) in [5, 5.41) is 3.93. The Balaban J connectivity index is 2.82. The van der Waals surface area contributed by atoms with Crippen LogP contribution in [-0.2, 0) is 4.74 Å². The molecule has 1 aromatic carbocycles. The molecule has 4 nitrogen and oxygen atoms in total. The Labute approximate surface area is 113 Å². The fraction of sp³-hybridized carbons (Fsp3) is 0.538. The first-order valence-electron chi connectivity index (χ1n) is 5.79. The molecule has 0 fully saturated rings. The predicted octanol–water partition coefficient (Wildman–Crippen LogP) is 3.19. The first-order valence-corrected chi connectivity index (χ1v) is 6.17. The van der Waals surface area contributed by atoms with E-state index in [1.165, 1.54) is 0 Å². The van der Waals surface area contributed by atoms with E-state index in [2.05, 4.69) is 12.2 Å². The van der Waals surface area contributed by atoms with Gasteiger partial charge in [0.05, 0.1) is 24.9 Å². The smallest absolute Gasteiger partial charge is 0.162 e. The lowest BCUT2D eigenvalue weighted by Crippen LogP contribution is -2.17. The van der Waals surface area contributed by atoms with Gasteiger partial charge < -0.3 is 19.5 Å². The van der Waals surface area contributed by atoms with Crippen molar-refractivity contribution in [1.82, 2.24) is 0 Å². The Morgan fingerprint density at radius 2 is 1.78 bits per heavy atom. The molecular formula is C13H20ClNO3. The van der Waals surface area contributed by atoms with Crippen LogP contribution in [0.3, 0.4) is 0 Å². The summed E-state index contributed by atoms with van der Waals surface area (Å²) in [6, 6.07) is 3.84. The van der Waals surface area contributed by atoms with Gasteiger partial charge >= 0.3 is 0 Å². The highest BCUT2D eigenvalue weighted by atomic mass is 35.5. The maximum atomic E-state index is 6.19. The minimum atomic E-state index is 0.264. The summed E-state index contributed by atoms with van der Waals surface area (Å²) in [6.45, 7) is 2.78. The van der Waals surface area contributed by atoms with Crippen LogP contribution in [0, 0.1) is 0 Å². The Bertz CT molecular complexity index is 385. The molecule has 1 unspecified atom stereocenters. The van der Waals surface area contributed by atoms with E-state index in [1.54, 1.807) is 27.4 Å². The van der Waals surface area contributed by atoms with E-state index in [9.17, 15) is 0 Å². The van der Waals surface area contributed by atoms with Crippen molar-refractivity contribution in [1.29, 1.82) is 0 Å². The zero-order valence-corrected chi connectivity index (χ0v) is 12.0. The third-order valence-electron chi connectivity index (χ3n) is 2.63. The number of ether oxygens (including phenoxy) is 3.